The summed E-state index contributed by atoms with van der Waals surface area (Å²) in [5.41, 5.74) is 7.45. The molecule has 0 radical (unpaired) electrons. The predicted molar refractivity (Wildman–Crippen MR) is 78.5 cm³/mol. The van der Waals surface area contributed by atoms with Gasteiger partial charge in [-0.25, -0.2) is 4.79 Å². The minimum Gasteiger partial charge on any atom is -0.326 e. The van der Waals surface area contributed by atoms with Crippen LogP contribution in [0.1, 0.15) is 6.42 Å². The maximum absolute atomic E-state index is 12.2. The highest BCUT2D eigenvalue weighted by atomic mass is 32.1. The van der Waals surface area contributed by atoms with Gasteiger partial charge in [0.2, 0.25) is 0 Å². The maximum atomic E-state index is 12.2. The van der Waals surface area contributed by atoms with Crippen molar-refractivity contribution >= 4 is 22.6 Å². The molecule has 1 aliphatic heterocycles. The van der Waals surface area contributed by atoms with E-state index in [1.165, 1.54) is 11.5 Å². The molecule has 1 unspecified atom stereocenters. The van der Waals surface area contributed by atoms with Crippen molar-refractivity contribution in [2.45, 2.75) is 12.5 Å². The van der Waals surface area contributed by atoms with Crippen molar-refractivity contribution in [1.29, 1.82) is 0 Å². The third-order valence-electron chi connectivity index (χ3n) is 3.27. The first-order chi connectivity index (χ1) is 9.74. The summed E-state index contributed by atoms with van der Waals surface area (Å²) in [7, 11) is 0. The van der Waals surface area contributed by atoms with Gasteiger partial charge in [0.05, 0.1) is 0 Å². The van der Waals surface area contributed by atoms with E-state index in [1.54, 1.807) is 4.90 Å². The standard InChI is InChI=1S/C13H15N5OS/c14-10-6-7-18(8-10)13(19)15-12-11(16-17-20-12)9-4-2-1-3-5-9/h1-5,10H,6-8,14H2,(H,15,19). The van der Waals surface area contributed by atoms with Crippen molar-refractivity contribution in [3.05, 3.63) is 30.3 Å². The van der Waals surface area contributed by atoms with Gasteiger partial charge in [-0.3, -0.25) is 5.32 Å². The monoisotopic (exact) mass is 289 g/mol. The van der Waals surface area contributed by atoms with E-state index in [4.69, 9.17) is 5.73 Å². The summed E-state index contributed by atoms with van der Waals surface area (Å²) in [6.45, 7) is 1.29. The Morgan fingerprint density at radius 2 is 2.20 bits per heavy atom. The van der Waals surface area contributed by atoms with Crippen molar-refractivity contribution < 1.29 is 4.79 Å². The number of urea groups is 1. The maximum Gasteiger partial charge on any atom is 0.322 e. The molecule has 20 heavy (non-hydrogen) atoms. The Labute approximate surface area is 120 Å². The molecule has 0 saturated carbocycles. The second-order valence-electron chi connectivity index (χ2n) is 4.74. The molecule has 2 heterocycles. The molecule has 2 aromatic rings. The number of nitrogens with one attached hydrogen (secondary N) is 1. The Morgan fingerprint density at radius 1 is 1.40 bits per heavy atom. The number of hydrogen-bond acceptors (Lipinski definition) is 5. The van der Waals surface area contributed by atoms with Crippen LogP contribution in [0.5, 0.6) is 0 Å². The number of carbonyl (C=O) groups excluding carboxylic acids is 1. The molecular formula is C13H15N5OS. The van der Waals surface area contributed by atoms with E-state index >= 15 is 0 Å². The molecule has 1 aromatic carbocycles. The summed E-state index contributed by atoms with van der Waals surface area (Å²) in [4.78, 5) is 13.9. The van der Waals surface area contributed by atoms with Gasteiger partial charge in [-0.2, -0.15) is 0 Å². The van der Waals surface area contributed by atoms with Gasteiger partial charge in [0.15, 0.2) is 0 Å². The van der Waals surface area contributed by atoms with E-state index in [0.717, 1.165) is 12.0 Å². The normalized spacial score (nSPS) is 18.2. The third kappa shape index (κ3) is 2.63. The van der Waals surface area contributed by atoms with Crippen molar-refractivity contribution in [2.75, 3.05) is 18.4 Å². The molecule has 1 aliphatic rings. The van der Waals surface area contributed by atoms with Gasteiger partial charge in [0.1, 0.15) is 10.7 Å². The van der Waals surface area contributed by atoms with Gasteiger partial charge < -0.3 is 10.6 Å². The zero-order chi connectivity index (χ0) is 13.9. The molecule has 2 amide bonds. The van der Waals surface area contributed by atoms with E-state index < -0.39 is 0 Å². The number of anilines is 1. The first kappa shape index (κ1) is 13.0. The van der Waals surface area contributed by atoms with Crippen LogP contribution in [0.4, 0.5) is 9.80 Å². The summed E-state index contributed by atoms with van der Waals surface area (Å²) in [6.07, 6.45) is 0.847. The number of likely N-dealkylation sites (tertiary alicyclic amines) is 1. The van der Waals surface area contributed by atoms with Gasteiger partial charge in [-0.05, 0) is 6.42 Å². The average Bonchev–Trinajstić information content (AvgIpc) is 3.09. The minimum absolute atomic E-state index is 0.0777. The Bertz CT molecular complexity index is 600. The molecule has 7 heteroatoms. The summed E-state index contributed by atoms with van der Waals surface area (Å²) >= 11 is 1.18. The van der Waals surface area contributed by atoms with Crippen molar-refractivity contribution in [3.63, 3.8) is 0 Å². The van der Waals surface area contributed by atoms with Crippen molar-refractivity contribution in [1.82, 2.24) is 14.5 Å². The largest absolute Gasteiger partial charge is 0.326 e. The average molecular weight is 289 g/mol. The van der Waals surface area contributed by atoms with Crippen LogP contribution in [-0.2, 0) is 0 Å². The Morgan fingerprint density at radius 3 is 2.90 bits per heavy atom. The third-order valence-corrected chi connectivity index (χ3v) is 3.91. The number of carbonyl (C=O) groups is 1. The summed E-state index contributed by atoms with van der Waals surface area (Å²) < 4.78 is 3.93. The Kier molecular flexibility index (Phi) is 3.62. The summed E-state index contributed by atoms with van der Waals surface area (Å²) in [5.74, 6) is 0. The predicted octanol–water partition coefficient (Wildman–Crippen LogP) is 1.77. The lowest BCUT2D eigenvalue weighted by atomic mass is 10.2. The second kappa shape index (κ2) is 5.56. The first-order valence-corrected chi connectivity index (χ1v) is 7.20. The van der Waals surface area contributed by atoms with E-state index in [0.29, 0.717) is 23.8 Å². The molecule has 1 saturated heterocycles. The number of amides is 2. The SMILES string of the molecule is NC1CCN(C(=O)Nc2snnc2-c2ccccc2)C1. The molecule has 0 bridgehead atoms. The fourth-order valence-corrected chi connectivity index (χ4v) is 2.79. The molecule has 6 nitrogen and oxygen atoms in total. The summed E-state index contributed by atoms with van der Waals surface area (Å²) in [5, 5.41) is 7.64. The highest BCUT2D eigenvalue weighted by Crippen LogP contribution is 2.28. The number of nitrogens with two attached hydrogens (primary N) is 1. The van der Waals surface area contributed by atoms with Crippen LogP contribution in [0.15, 0.2) is 30.3 Å². The minimum atomic E-state index is -0.138. The van der Waals surface area contributed by atoms with E-state index in [-0.39, 0.29) is 12.1 Å². The van der Waals surface area contributed by atoms with Crippen molar-refractivity contribution in [3.8, 4) is 11.3 Å². The first-order valence-electron chi connectivity index (χ1n) is 6.43. The fourth-order valence-electron chi connectivity index (χ4n) is 2.21. The number of aromatic nitrogens is 2. The summed E-state index contributed by atoms with van der Waals surface area (Å²) in [6, 6.07) is 9.62. The van der Waals surface area contributed by atoms with Crippen LogP contribution in [0.25, 0.3) is 11.3 Å². The van der Waals surface area contributed by atoms with Crippen LogP contribution in [0.2, 0.25) is 0 Å². The number of benzene rings is 1. The molecule has 3 N–H and O–H groups in total. The molecule has 0 aliphatic carbocycles. The molecule has 1 atom stereocenters. The van der Waals surface area contributed by atoms with E-state index in [1.807, 2.05) is 30.3 Å². The second-order valence-corrected chi connectivity index (χ2v) is 5.50. The quantitative estimate of drug-likeness (QED) is 0.882. The molecule has 1 aromatic heterocycles. The smallest absolute Gasteiger partial charge is 0.322 e. The van der Waals surface area contributed by atoms with E-state index in [9.17, 15) is 4.79 Å². The topological polar surface area (TPSA) is 84.1 Å². The van der Waals surface area contributed by atoms with Gasteiger partial charge in [-0.15, -0.1) is 5.10 Å². The molecular weight excluding hydrogens is 274 g/mol. The number of hydrogen-bond donors (Lipinski definition) is 2. The lowest BCUT2D eigenvalue weighted by Gasteiger charge is -2.16. The van der Waals surface area contributed by atoms with Crippen LogP contribution in [-0.4, -0.2) is 39.6 Å². The van der Waals surface area contributed by atoms with Gasteiger partial charge in [0, 0.05) is 36.2 Å². The Balaban J connectivity index is 1.76. The molecule has 3 rings (SSSR count). The Hall–Kier alpha value is -1.99. The fraction of sp³-hybridized carbons (Fsp3) is 0.308. The highest BCUT2D eigenvalue weighted by Gasteiger charge is 2.24. The lowest BCUT2D eigenvalue weighted by molar-refractivity contribution is 0.222. The number of nitrogens with zero attached hydrogens (tertiary/aromatic N) is 3. The van der Waals surface area contributed by atoms with Gasteiger partial charge in [0.25, 0.3) is 0 Å². The molecule has 0 spiro atoms. The molecule has 104 valence electrons. The lowest BCUT2D eigenvalue weighted by Crippen LogP contribution is -2.35. The molecule has 1 fully saturated rings. The number of rotatable bonds is 2. The zero-order valence-electron chi connectivity index (χ0n) is 10.8. The van der Waals surface area contributed by atoms with E-state index in [2.05, 4.69) is 14.9 Å². The van der Waals surface area contributed by atoms with Crippen molar-refractivity contribution in [2.24, 2.45) is 5.73 Å². The van der Waals surface area contributed by atoms with Crippen LogP contribution in [0.3, 0.4) is 0 Å². The van der Waals surface area contributed by atoms with Gasteiger partial charge >= 0.3 is 6.03 Å². The van der Waals surface area contributed by atoms with Gasteiger partial charge in [-0.1, -0.05) is 34.8 Å². The zero-order valence-corrected chi connectivity index (χ0v) is 11.6. The van der Waals surface area contributed by atoms with Crippen LogP contribution >= 0.6 is 11.5 Å². The van der Waals surface area contributed by atoms with Crippen LogP contribution in [0, 0.1) is 0 Å². The highest BCUT2D eigenvalue weighted by molar-refractivity contribution is 7.10. The van der Waals surface area contributed by atoms with Crippen LogP contribution < -0.4 is 11.1 Å².